The molecule has 0 unspecified atom stereocenters. The largest absolute Gasteiger partial charge is 0.478 e. The van der Waals surface area contributed by atoms with Crippen LogP contribution in [-0.4, -0.2) is 16.1 Å². The number of hydrogen-bond acceptors (Lipinski definition) is 2. The molecule has 1 aromatic heterocycles. The van der Waals surface area contributed by atoms with E-state index in [1.54, 1.807) is 0 Å². The number of carboxylic acid groups (broad SMARTS) is 1. The Labute approximate surface area is 140 Å². The molecule has 1 N–H and O–H groups in total. The maximum absolute atomic E-state index is 14.3. The minimum atomic E-state index is -4.62. The van der Waals surface area contributed by atoms with Crippen molar-refractivity contribution in [2.75, 3.05) is 0 Å². The number of nitrogens with zero attached hydrogens (tertiary/aromatic N) is 1. The van der Waals surface area contributed by atoms with Crippen LogP contribution in [0.25, 0.3) is 16.7 Å². The van der Waals surface area contributed by atoms with Crippen molar-refractivity contribution < 1.29 is 27.5 Å². The average molecular weight is 351 g/mol. The van der Waals surface area contributed by atoms with Crippen LogP contribution in [0.1, 0.15) is 29.5 Å². The first-order valence-corrected chi connectivity index (χ1v) is 7.55. The van der Waals surface area contributed by atoms with Gasteiger partial charge in [-0.25, -0.2) is 9.18 Å². The topological polar surface area (TPSA) is 50.2 Å². The Kier molecular flexibility index (Phi) is 4.32. The Morgan fingerprint density at radius 2 is 1.84 bits per heavy atom. The van der Waals surface area contributed by atoms with Gasteiger partial charge in [-0.05, 0) is 42.5 Å². The average Bonchev–Trinajstić information content (AvgIpc) is 2.53. The van der Waals surface area contributed by atoms with Crippen LogP contribution in [0.2, 0.25) is 0 Å². The van der Waals surface area contributed by atoms with Crippen LogP contribution in [0.15, 0.2) is 36.7 Å². The summed E-state index contributed by atoms with van der Waals surface area (Å²) in [6.45, 7) is 0. The van der Waals surface area contributed by atoms with Crippen LogP contribution in [0.3, 0.4) is 0 Å². The van der Waals surface area contributed by atoms with Crippen LogP contribution in [-0.2, 0) is 17.4 Å². The lowest BCUT2D eigenvalue weighted by Crippen LogP contribution is -2.08. The van der Waals surface area contributed by atoms with Gasteiger partial charge in [0, 0.05) is 35.2 Å². The maximum Gasteiger partial charge on any atom is 0.416 e. The number of aliphatic carboxylic acids is 1. The van der Waals surface area contributed by atoms with Crippen LogP contribution in [0.5, 0.6) is 0 Å². The molecule has 0 radical (unpaired) electrons. The van der Waals surface area contributed by atoms with E-state index in [-0.39, 0.29) is 5.56 Å². The van der Waals surface area contributed by atoms with Crippen molar-refractivity contribution >= 4 is 11.5 Å². The molecule has 1 heterocycles. The second-order valence-corrected chi connectivity index (χ2v) is 5.77. The van der Waals surface area contributed by atoms with Crippen molar-refractivity contribution in [3.8, 4) is 11.1 Å². The van der Waals surface area contributed by atoms with Crippen molar-refractivity contribution in [3.63, 3.8) is 0 Å². The zero-order chi connectivity index (χ0) is 18.2. The third-order valence-corrected chi connectivity index (χ3v) is 4.16. The molecule has 0 amide bonds. The first-order valence-electron chi connectivity index (χ1n) is 7.55. The molecule has 1 aliphatic carbocycles. The molecule has 0 aliphatic heterocycles. The summed E-state index contributed by atoms with van der Waals surface area (Å²) in [4.78, 5) is 15.0. The van der Waals surface area contributed by atoms with Crippen molar-refractivity contribution in [2.45, 2.75) is 25.4 Å². The van der Waals surface area contributed by atoms with Gasteiger partial charge < -0.3 is 5.11 Å². The van der Waals surface area contributed by atoms with E-state index in [1.807, 2.05) is 0 Å². The summed E-state index contributed by atoms with van der Waals surface area (Å²) >= 11 is 0. The van der Waals surface area contributed by atoms with Crippen molar-refractivity contribution in [2.24, 2.45) is 0 Å². The molecule has 25 heavy (non-hydrogen) atoms. The van der Waals surface area contributed by atoms with Gasteiger partial charge in [0.1, 0.15) is 5.82 Å². The lowest BCUT2D eigenvalue weighted by Gasteiger charge is -2.21. The summed E-state index contributed by atoms with van der Waals surface area (Å²) in [6.07, 6.45) is 1.18. The van der Waals surface area contributed by atoms with E-state index in [9.17, 15) is 22.4 Å². The molecule has 0 spiro atoms. The molecule has 0 saturated heterocycles. The minimum absolute atomic E-state index is 0.0222. The van der Waals surface area contributed by atoms with E-state index in [0.29, 0.717) is 47.6 Å². The normalized spacial score (nSPS) is 15.9. The number of allylic oxidation sites excluding steroid dienone is 1. The van der Waals surface area contributed by atoms with Crippen LogP contribution >= 0.6 is 0 Å². The zero-order valence-corrected chi connectivity index (χ0v) is 12.9. The van der Waals surface area contributed by atoms with Gasteiger partial charge in [-0.1, -0.05) is 6.07 Å². The fourth-order valence-corrected chi connectivity index (χ4v) is 3.06. The minimum Gasteiger partial charge on any atom is -0.478 e. The highest BCUT2D eigenvalue weighted by atomic mass is 19.4. The Morgan fingerprint density at radius 1 is 1.12 bits per heavy atom. The predicted molar refractivity (Wildman–Crippen MR) is 83.2 cm³/mol. The van der Waals surface area contributed by atoms with Crippen molar-refractivity contribution in [3.05, 3.63) is 59.2 Å². The molecular weight excluding hydrogens is 338 g/mol. The number of pyridine rings is 1. The van der Waals surface area contributed by atoms with E-state index >= 15 is 0 Å². The third kappa shape index (κ3) is 3.40. The summed E-state index contributed by atoms with van der Waals surface area (Å²) in [5.41, 5.74) is 1.24. The quantitative estimate of drug-likeness (QED) is 0.630. The van der Waals surface area contributed by atoms with E-state index < -0.39 is 23.5 Å². The molecule has 3 rings (SSSR count). The molecule has 0 saturated carbocycles. The third-order valence-electron chi connectivity index (χ3n) is 4.16. The van der Waals surface area contributed by atoms with Crippen LogP contribution in [0.4, 0.5) is 17.6 Å². The second kappa shape index (κ2) is 6.31. The number of halogens is 4. The molecule has 1 aliphatic rings. The number of fused-ring (bicyclic) bond motifs is 1. The highest BCUT2D eigenvalue weighted by Gasteiger charge is 2.31. The fourth-order valence-electron chi connectivity index (χ4n) is 3.06. The maximum atomic E-state index is 14.3. The summed E-state index contributed by atoms with van der Waals surface area (Å²) in [5, 5.41) is 8.97. The van der Waals surface area contributed by atoms with Gasteiger partial charge in [-0.15, -0.1) is 0 Å². The Hall–Kier alpha value is -2.70. The molecule has 1 aromatic carbocycles. The number of carboxylic acids is 1. The molecular formula is C18H13F4NO2. The van der Waals surface area contributed by atoms with Crippen LogP contribution < -0.4 is 0 Å². The van der Waals surface area contributed by atoms with E-state index in [1.165, 1.54) is 12.4 Å². The molecule has 0 atom stereocenters. The Morgan fingerprint density at radius 3 is 2.48 bits per heavy atom. The summed E-state index contributed by atoms with van der Waals surface area (Å²) < 4.78 is 52.4. The molecule has 7 heteroatoms. The summed E-state index contributed by atoms with van der Waals surface area (Å²) in [6, 6.07) is 2.38. The predicted octanol–water partition coefficient (Wildman–Crippen LogP) is 4.71. The standard InChI is InChI=1S/C18H13F4NO2/c19-16-7-11(18(20,21)22)4-5-13(16)15-9-23-8-14-10(6-17(24)25)2-1-3-12(14)15/h4-9H,1-3H2,(H,24,25)/b10-6+. The van der Waals surface area contributed by atoms with E-state index in [0.717, 1.165) is 18.2 Å². The molecule has 3 nitrogen and oxygen atoms in total. The lowest BCUT2D eigenvalue weighted by atomic mass is 9.84. The number of hydrogen-bond donors (Lipinski definition) is 1. The van der Waals surface area contributed by atoms with Gasteiger partial charge in [0.05, 0.1) is 5.56 Å². The van der Waals surface area contributed by atoms with Gasteiger partial charge in [0.2, 0.25) is 0 Å². The lowest BCUT2D eigenvalue weighted by molar-refractivity contribution is -0.137. The Balaban J connectivity index is 2.13. The molecule has 2 aromatic rings. The highest BCUT2D eigenvalue weighted by Crippen LogP contribution is 2.38. The van der Waals surface area contributed by atoms with Gasteiger partial charge in [-0.2, -0.15) is 13.2 Å². The molecule has 0 fully saturated rings. The smallest absolute Gasteiger partial charge is 0.416 e. The first-order chi connectivity index (χ1) is 11.8. The van der Waals surface area contributed by atoms with Gasteiger partial charge in [-0.3, -0.25) is 4.98 Å². The van der Waals surface area contributed by atoms with Crippen molar-refractivity contribution in [1.29, 1.82) is 0 Å². The SMILES string of the molecule is O=C(O)/C=C1\CCCc2c1cncc2-c1ccc(C(F)(F)F)cc1F. The van der Waals surface area contributed by atoms with Gasteiger partial charge in [0.25, 0.3) is 0 Å². The number of aromatic nitrogens is 1. The van der Waals surface area contributed by atoms with Gasteiger partial charge >= 0.3 is 12.1 Å². The summed E-state index contributed by atoms with van der Waals surface area (Å²) in [5.74, 6) is -2.08. The first kappa shape index (κ1) is 17.1. The number of alkyl halides is 3. The highest BCUT2D eigenvalue weighted by molar-refractivity contribution is 5.91. The van der Waals surface area contributed by atoms with E-state index in [2.05, 4.69) is 4.98 Å². The zero-order valence-electron chi connectivity index (χ0n) is 12.9. The number of carbonyl (C=O) groups is 1. The number of rotatable bonds is 2. The fraction of sp³-hybridized carbons (Fsp3) is 0.222. The monoisotopic (exact) mass is 351 g/mol. The van der Waals surface area contributed by atoms with E-state index in [4.69, 9.17) is 5.11 Å². The van der Waals surface area contributed by atoms with Gasteiger partial charge in [0.15, 0.2) is 0 Å². The van der Waals surface area contributed by atoms with Crippen LogP contribution in [0, 0.1) is 5.82 Å². The molecule has 0 bridgehead atoms. The molecule has 130 valence electrons. The van der Waals surface area contributed by atoms with Crippen molar-refractivity contribution in [1.82, 2.24) is 4.98 Å². The second-order valence-electron chi connectivity index (χ2n) is 5.77. The Bertz CT molecular complexity index is 872. The number of benzene rings is 1. The summed E-state index contributed by atoms with van der Waals surface area (Å²) in [7, 11) is 0.